The van der Waals surface area contributed by atoms with E-state index >= 15 is 0 Å². The molecule has 100 valence electrons. The molecule has 4 heteroatoms. The van der Waals surface area contributed by atoms with Crippen molar-refractivity contribution in [2.75, 3.05) is 13.2 Å². The van der Waals surface area contributed by atoms with Crippen LogP contribution in [-0.4, -0.2) is 19.2 Å². The summed E-state index contributed by atoms with van der Waals surface area (Å²) in [6.07, 6.45) is 6.61. The molecule has 2 nitrogen and oxygen atoms in total. The van der Waals surface area contributed by atoms with Gasteiger partial charge < -0.3 is 10.1 Å². The zero-order valence-electron chi connectivity index (χ0n) is 10.4. The quantitative estimate of drug-likeness (QED) is 0.832. The van der Waals surface area contributed by atoms with Crippen molar-refractivity contribution in [2.24, 2.45) is 0 Å². The summed E-state index contributed by atoms with van der Waals surface area (Å²) < 4.78 is 19.0. The summed E-state index contributed by atoms with van der Waals surface area (Å²) in [5, 5.41) is 3.51. The summed E-state index contributed by atoms with van der Waals surface area (Å²) in [5.41, 5.74) is 0. The number of nitrogens with one attached hydrogen (secondary N) is 1. The Bertz CT molecular complexity index is 380. The van der Waals surface area contributed by atoms with Crippen molar-refractivity contribution in [1.82, 2.24) is 5.32 Å². The van der Waals surface area contributed by atoms with Gasteiger partial charge in [0.05, 0.1) is 4.47 Å². The monoisotopic (exact) mass is 315 g/mol. The van der Waals surface area contributed by atoms with E-state index in [2.05, 4.69) is 21.2 Å². The Morgan fingerprint density at radius 2 is 2.06 bits per heavy atom. The van der Waals surface area contributed by atoms with E-state index in [0.29, 0.717) is 22.9 Å². The normalized spacial score (nSPS) is 16.8. The second kappa shape index (κ2) is 7.10. The number of hydrogen-bond donors (Lipinski definition) is 1. The lowest BCUT2D eigenvalue weighted by molar-refractivity contribution is 0.289. The van der Waals surface area contributed by atoms with E-state index in [1.807, 2.05) is 0 Å². The predicted octanol–water partition coefficient (Wildman–Crippen LogP) is 3.89. The molecule has 0 aromatic heterocycles. The van der Waals surface area contributed by atoms with Crippen LogP contribution in [0.15, 0.2) is 22.7 Å². The Morgan fingerprint density at radius 3 is 2.78 bits per heavy atom. The molecule has 2 rings (SSSR count). The van der Waals surface area contributed by atoms with Crippen molar-refractivity contribution < 1.29 is 9.13 Å². The summed E-state index contributed by atoms with van der Waals surface area (Å²) >= 11 is 3.15. The molecule has 0 saturated heterocycles. The molecule has 0 unspecified atom stereocenters. The Morgan fingerprint density at radius 1 is 1.28 bits per heavy atom. The molecule has 1 aromatic rings. The van der Waals surface area contributed by atoms with E-state index in [0.717, 1.165) is 6.54 Å². The van der Waals surface area contributed by atoms with E-state index in [4.69, 9.17) is 4.74 Å². The first-order valence-corrected chi connectivity index (χ1v) is 7.36. The van der Waals surface area contributed by atoms with Gasteiger partial charge in [0.15, 0.2) is 0 Å². The van der Waals surface area contributed by atoms with Crippen LogP contribution in [0, 0.1) is 5.82 Å². The summed E-state index contributed by atoms with van der Waals surface area (Å²) in [6.45, 7) is 1.47. The third-order valence-corrected chi connectivity index (χ3v) is 3.91. The average molecular weight is 316 g/mol. The van der Waals surface area contributed by atoms with Crippen LogP contribution < -0.4 is 10.1 Å². The highest BCUT2D eigenvalue weighted by Gasteiger charge is 2.11. The van der Waals surface area contributed by atoms with Crippen LogP contribution in [0.25, 0.3) is 0 Å². The van der Waals surface area contributed by atoms with Crippen LogP contribution in [0.1, 0.15) is 32.1 Å². The lowest BCUT2D eigenvalue weighted by Gasteiger charge is -2.22. The fourth-order valence-electron chi connectivity index (χ4n) is 2.31. The zero-order chi connectivity index (χ0) is 12.8. The second-order valence-electron chi connectivity index (χ2n) is 4.71. The molecule has 0 amide bonds. The van der Waals surface area contributed by atoms with Gasteiger partial charge in [-0.15, -0.1) is 0 Å². The molecule has 0 aliphatic heterocycles. The van der Waals surface area contributed by atoms with Gasteiger partial charge in [-0.05, 0) is 47.0 Å². The minimum absolute atomic E-state index is 0.261. The van der Waals surface area contributed by atoms with Gasteiger partial charge in [-0.1, -0.05) is 19.3 Å². The first-order valence-electron chi connectivity index (χ1n) is 6.57. The Labute approximate surface area is 116 Å². The molecule has 1 aliphatic rings. The summed E-state index contributed by atoms with van der Waals surface area (Å²) in [6, 6.07) is 5.38. The largest absolute Gasteiger partial charge is 0.492 e. The van der Waals surface area contributed by atoms with Crippen LogP contribution in [-0.2, 0) is 0 Å². The lowest BCUT2D eigenvalue weighted by Crippen LogP contribution is -2.34. The molecule has 1 aliphatic carbocycles. The van der Waals surface area contributed by atoms with Crippen LogP contribution in [0.2, 0.25) is 0 Å². The minimum atomic E-state index is -0.261. The first-order chi connectivity index (χ1) is 8.75. The van der Waals surface area contributed by atoms with Gasteiger partial charge in [-0.2, -0.15) is 0 Å². The summed E-state index contributed by atoms with van der Waals surface area (Å²) in [5.74, 6) is 0.441. The SMILES string of the molecule is Fc1ccc(OCCNC2CCCCC2)cc1Br. The number of rotatable bonds is 5. The highest BCUT2D eigenvalue weighted by Crippen LogP contribution is 2.21. The Kier molecular flexibility index (Phi) is 5.45. The summed E-state index contributed by atoms with van der Waals surface area (Å²) in [4.78, 5) is 0. The van der Waals surface area contributed by atoms with Crippen LogP contribution in [0.4, 0.5) is 4.39 Å². The number of ether oxygens (including phenoxy) is 1. The molecule has 0 atom stereocenters. The highest BCUT2D eigenvalue weighted by atomic mass is 79.9. The third-order valence-electron chi connectivity index (χ3n) is 3.30. The fourth-order valence-corrected chi connectivity index (χ4v) is 2.66. The van der Waals surface area contributed by atoms with E-state index in [9.17, 15) is 4.39 Å². The number of halogens is 2. The van der Waals surface area contributed by atoms with Gasteiger partial charge in [-0.25, -0.2) is 4.39 Å². The maximum Gasteiger partial charge on any atom is 0.137 e. The van der Waals surface area contributed by atoms with Gasteiger partial charge in [0.2, 0.25) is 0 Å². The van der Waals surface area contributed by atoms with E-state index in [1.54, 1.807) is 12.1 Å². The maximum absolute atomic E-state index is 13.0. The van der Waals surface area contributed by atoms with E-state index < -0.39 is 0 Å². The molecule has 0 radical (unpaired) electrons. The van der Waals surface area contributed by atoms with Crippen molar-refractivity contribution in [3.8, 4) is 5.75 Å². The topological polar surface area (TPSA) is 21.3 Å². The van der Waals surface area contributed by atoms with Crippen LogP contribution >= 0.6 is 15.9 Å². The first kappa shape index (κ1) is 13.8. The summed E-state index contributed by atoms with van der Waals surface area (Å²) in [7, 11) is 0. The fraction of sp³-hybridized carbons (Fsp3) is 0.571. The van der Waals surface area contributed by atoms with Gasteiger partial charge in [0.25, 0.3) is 0 Å². The van der Waals surface area contributed by atoms with E-state index in [1.165, 1.54) is 38.2 Å². The van der Waals surface area contributed by atoms with E-state index in [-0.39, 0.29) is 5.82 Å². The zero-order valence-corrected chi connectivity index (χ0v) is 12.0. The van der Waals surface area contributed by atoms with Gasteiger partial charge >= 0.3 is 0 Å². The van der Waals surface area contributed by atoms with Crippen molar-refractivity contribution in [1.29, 1.82) is 0 Å². The maximum atomic E-state index is 13.0. The highest BCUT2D eigenvalue weighted by molar-refractivity contribution is 9.10. The van der Waals surface area contributed by atoms with Crippen LogP contribution in [0.3, 0.4) is 0 Å². The molecule has 1 aromatic carbocycles. The minimum Gasteiger partial charge on any atom is -0.492 e. The molecule has 18 heavy (non-hydrogen) atoms. The average Bonchev–Trinajstić information content (AvgIpc) is 2.40. The molecule has 0 heterocycles. The number of hydrogen-bond acceptors (Lipinski definition) is 2. The molecule has 0 bridgehead atoms. The van der Waals surface area contributed by atoms with Crippen molar-refractivity contribution in [3.05, 3.63) is 28.5 Å². The van der Waals surface area contributed by atoms with Crippen molar-refractivity contribution in [3.63, 3.8) is 0 Å². The smallest absolute Gasteiger partial charge is 0.137 e. The van der Waals surface area contributed by atoms with Crippen LogP contribution in [0.5, 0.6) is 5.75 Å². The van der Waals surface area contributed by atoms with Crippen molar-refractivity contribution in [2.45, 2.75) is 38.1 Å². The Hall–Kier alpha value is -0.610. The lowest BCUT2D eigenvalue weighted by atomic mass is 9.96. The molecular weight excluding hydrogens is 297 g/mol. The van der Waals surface area contributed by atoms with Gasteiger partial charge in [0, 0.05) is 12.6 Å². The predicted molar refractivity (Wildman–Crippen MR) is 74.5 cm³/mol. The standard InChI is InChI=1S/C14H19BrFNO/c15-13-10-12(6-7-14(13)16)18-9-8-17-11-4-2-1-3-5-11/h6-7,10-11,17H,1-5,8-9H2. The molecule has 1 saturated carbocycles. The second-order valence-corrected chi connectivity index (χ2v) is 5.57. The molecular formula is C14H19BrFNO. The number of benzene rings is 1. The van der Waals surface area contributed by atoms with Gasteiger partial charge in [0.1, 0.15) is 18.2 Å². The van der Waals surface area contributed by atoms with Gasteiger partial charge in [-0.3, -0.25) is 0 Å². The van der Waals surface area contributed by atoms with Crippen molar-refractivity contribution >= 4 is 15.9 Å². The third kappa shape index (κ3) is 4.25. The molecule has 1 N–H and O–H groups in total. The molecule has 0 spiro atoms. The Balaban J connectivity index is 1.66. The molecule has 1 fully saturated rings.